The predicted molar refractivity (Wildman–Crippen MR) is 53.1 cm³/mol. The molecule has 2 rings (SSSR count). The van der Waals surface area contributed by atoms with E-state index in [9.17, 15) is 0 Å². The van der Waals surface area contributed by atoms with Crippen molar-refractivity contribution in [3.63, 3.8) is 0 Å². The van der Waals surface area contributed by atoms with E-state index in [2.05, 4.69) is 0 Å². The Morgan fingerprint density at radius 1 is 1.31 bits per heavy atom. The molecule has 0 aliphatic carbocycles. The van der Waals surface area contributed by atoms with Gasteiger partial charge in [0, 0.05) is 5.03 Å². The molecule has 66 valence electrons. The standard InChI is InChI=1S/C9H8BClO2/c1-7(11)6-10-12-8-4-2-3-5-9(8)13-10/h2-6H,1H3/b7-6+. The van der Waals surface area contributed by atoms with Gasteiger partial charge in [0.2, 0.25) is 0 Å². The molecule has 2 nitrogen and oxygen atoms in total. The first-order chi connectivity index (χ1) is 6.25. The first kappa shape index (κ1) is 8.51. The molecule has 0 fully saturated rings. The lowest BCUT2D eigenvalue weighted by atomic mass is 9.90. The fourth-order valence-corrected chi connectivity index (χ4v) is 1.28. The first-order valence-electron chi connectivity index (χ1n) is 4.02. The summed E-state index contributed by atoms with van der Waals surface area (Å²) in [6.07, 6.45) is 0. The van der Waals surface area contributed by atoms with Crippen molar-refractivity contribution in [1.82, 2.24) is 0 Å². The highest BCUT2D eigenvalue weighted by atomic mass is 35.5. The lowest BCUT2D eigenvalue weighted by Gasteiger charge is -1.97. The highest BCUT2D eigenvalue weighted by Gasteiger charge is 2.29. The van der Waals surface area contributed by atoms with E-state index in [1.54, 1.807) is 12.9 Å². The van der Waals surface area contributed by atoms with Gasteiger partial charge in [-0.3, -0.25) is 0 Å². The van der Waals surface area contributed by atoms with Crippen LogP contribution in [-0.2, 0) is 0 Å². The van der Waals surface area contributed by atoms with Crippen LogP contribution in [0.25, 0.3) is 0 Å². The zero-order valence-electron chi connectivity index (χ0n) is 7.16. The number of benzene rings is 1. The van der Waals surface area contributed by atoms with Gasteiger partial charge < -0.3 is 9.31 Å². The van der Waals surface area contributed by atoms with Crippen molar-refractivity contribution in [2.24, 2.45) is 0 Å². The highest BCUT2D eigenvalue weighted by molar-refractivity contribution is 6.55. The molecule has 0 spiro atoms. The topological polar surface area (TPSA) is 18.5 Å². The molecule has 0 radical (unpaired) electrons. The quantitative estimate of drug-likeness (QED) is 0.640. The highest BCUT2D eigenvalue weighted by Crippen LogP contribution is 2.33. The van der Waals surface area contributed by atoms with Crippen LogP contribution in [0, 0.1) is 0 Å². The van der Waals surface area contributed by atoms with Crippen molar-refractivity contribution in [3.8, 4) is 11.5 Å². The summed E-state index contributed by atoms with van der Waals surface area (Å²) >= 11 is 5.70. The number of fused-ring (bicyclic) bond motifs is 1. The molecule has 0 atom stereocenters. The Hall–Kier alpha value is -1.09. The second kappa shape index (κ2) is 3.34. The monoisotopic (exact) mass is 194 g/mol. The first-order valence-corrected chi connectivity index (χ1v) is 4.40. The number of hydrogen-bond donors (Lipinski definition) is 0. The van der Waals surface area contributed by atoms with Crippen LogP contribution in [0.2, 0.25) is 0 Å². The Balaban J connectivity index is 2.18. The zero-order chi connectivity index (χ0) is 9.26. The number of rotatable bonds is 1. The number of allylic oxidation sites excluding steroid dienone is 1. The Labute approximate surface area is 82.3 Å². The molecule has 0 amide bonds. The summed E-state index contributed by atoms with van der Waals surface area (Å²) in [5.74, 6) is 3.25. The summed E-state index contributed by atoms with van der Waals surface area (Å²) in [5, 5.41) is 0.665. The van der Waals surface area contributed by atoms with E-state index in [4.69, 9.17) is 20.9 Å². The van der Waals surface area contributed by atoms with Gasteiger partial charge in [0.05, 0.1) is 0 Å². The molecule has 1 aromatic carbocycles. The molecule has 1 aliphatic rings. The summed E-state index contributed by atoms with van der Waals surface area (Å²) < 4.78 is 10.9. The third-order valence-corrected chi connectivity index (χ3v) is 1.83. The maximum absolute atomic E-state index is 5.70. The van der Waals surface area contributed by atoms with Crippen LogP contribution in [0.3, 0.4) is 0 Å². The maximum atomic E-state index is 5.70. The lowest BCUT2D eigenvalue weighted by Crippen LogP contribution is -2.21. The van der Waals surface area contributed by atoms with E-state index in [0.29, 0.717) is 5.03 Å². The van der Waals surface area contributed by atoms with Gasteiger partial charge in [-0.15, -0.1) is 0 Å². The number of halogens is 1. The molecule has 0 bridgehead atoms. The van der Waals surface area contributed by atoms with Crippen LogP contribution in [-0.4, -0.2) is 7.12 Å². The van der Waals surface area contributed by atoms with E-state index < -0.39 is 0 Å². The molecule has 0 saturated heterocycles. The van der Waals surface area contributed by atoms with Gasteiger partial charge in [0.25, 0.3) is 0 Å². The molecular weight excluding hydrogens is 186 g/mol. The predicted octanol–water partition coefficient (Wildman–Crippen LogP) is 2.63. The average Bonchev–Trinajstić information content (AvgIpc) is 2.44. The molecule has 1 aliphatic heterocycles. The van der Waals surface area contributed by atoms with E-state index >= 15 is 0 Å². The second-order valence-corrected chi connectivity index (χ2v) is 3.40. The smallest absolute Gasteiger partial charge is 0.520 e. The van der Waals surface area contributed by atoms with E-state index in [1.807, 2.05) is 24.3 Å². The van der Waals surface area contributed by atoms with Crippen LogP contribution in [0.15, 0.2) is 35.3 Å². The molecule has 13 heavy (non-hydrogen) atoms. The average molecular weight is 194 g/mol. The summed E-state index contributed by atoms with van der Waals surface area (Å²) in [4.78, 5) is 0. The molecule has 0 saturated carbocycles. The summed E-state index contributed by atoms with van der Waals surface area (Å²) in [6.45, 7) is 1.79. The summed E-state index contributed by atoms with van der Waals surface area (Å²) in [7, 11) is -0.380. The van der Waals surface area contributed by atoms with E-state index in [1.165, 1.54) is 0 Å². The van der Waals surface area contributed by atoms with Gasteiger partial charge in [0.1, 0.15) is 11.5 Å². The minimum Gasteiger partial charge on any atom is -0.520 e. The Morgan fingerprint density at radius 3 is 2.31 bits per heavy atom. The van der Waals surface area contributed by atoms with Crippen molar-refractivity contribution in [1.29, 1.82) is 0 Å². The molecule has 0 unspecified atom stereocenters. The van der Waals surface area contributed by atoms with Gasteiger partial charge in [-0.1, -0.05) is 23.7 Å². The van der Waals surface area contributed by atoms with Crippen LogP contribution in [0.1, 0.15) is 6.92 Å². The third-order valence-electron chi connectivity index (χ3n) is 1.70. The minimum atomic E-state index is -0.380. The van der Waals surface area contributed by atoms with E-state index in [-0.39, 0.29) is 7.12 Å². The number of para-hydroxylation sites is 2. The Morgan fingerprint density at radius 2 is 1.85 bits per heavy atom. The molecule has 1 heterocycles. The van der Waals surface area contributed by atoms with Crippen LogP contribution in [0.4, 0.5) is 0 Å². The van der Waals surface area contributed by atoms with Crippen molar-refractivity contribution in [3.05, 3.63) is 35.3 Å². The lowest BCUT2D eigenvalue weighted by molar-refractivity contribution is 0.517. The van der Waals surface area contributed by atoms with Gasteiger partial charge >= 0.3 is 7.12 Å². The van der Waals surface area contributed by atoms with E-state index in [0.717, 1.165) is 11.5 Å². The SMILES string of the molecule is C/C(Cl)=C\B1Oc2ccccc2O1. The molecule has 0 N–H and O–H groups in total. The van der Waals surface area contributed by atoms with Gasteiger partial charge in [-0.25, -0.2) is 0 Å². The molecular formula is C9H8BClO2. The molecule has 0 aromatic heterocycles. The van der Waals surface area contributed by atoms with Gasteiger partial charge in [0.15, 0.2) is 0 Å². The normalized spacial score (nSPS) is 14.9. The van der Waals surface area contributed by atoms with Crippen LogP contribution < -0.4 is 9.31 Å². The third kappa shape index (κ3) is 1.81. The largest absolute Gasteiger partial charge is 0.626 e. The summed E-state index contributed by atoms with van der Waals surface area (Å²) in [6, 6.07) is 7.54. The Kier molecular flexibility index (Phi) is 2.19. The summed E-state index contributed by atoms with van der Waals surface area (Å²) in [5.41, 5.74) is 0. The zero-order valence-corrected chi connectivity index (χ0v) is 7.91. The number of hydrogen-bond acceptors (Lipinski definition) is 2. The van der Waals surface area contributed by atoms with Gasteiger partial charge in [-0.2, -0.15) is 0 Å². The van der Waals surface area contributed by atoms with Crippen molar-refractivity contribution in [2.75, 3.05) is 0 Å². The fourth-order valence-electron chi connectivity index (χ4n) is 1.17. The van der Waals surface area contributed by atoms with Gasteiger partial charge in [-0.05, 0) is 25.0 Å². The second-order valence-electron chi connectivity index (χ2n) is 2.80. The van der Waals surface area contributed by atoms with Crippen molar-refractivity contribution in [2.45, 2.75) is 6.92 Å². The molecule has 1 aromatic rings. The fraction of sp³-hybridized carbons (Fsp3) is 0.111. The minimum absolute atomic E-state index is 0.380. The van der Waals surface area contributed by atoms with Crippen molar-refractivity contribution >= 4 is 18.7 Å². The van der Waals surface area contributed by atoms with Crippen molar-refractivity contribution < 1.29 is 9.31 Å². The van der Waals surface area contributed by atoms with Crippen LogP contribution >= 0.6 is 11.6 Å². The Bertz CT molecular complexity index is 322. The molecule has 4 heteroatoms. The maximum Gasteiger partial charge on any atom is 0.626 e. The van der Waals surface area contributed by atoms with Crippen LogP contribution in [0.5, 0.6) is 11.5 Å².